The molecule has 2 heterocycles. The Hall–Kier alpha value is -1.39. The summed E-state index contributed by atoms with van der Waals surface area (Å²) < 4.78 is 0. The molecule has 0 radical (unpaired) electrons. The molecule has 1 N–H and O–H groups in total. The monoisotopic (exact) mass is 260 g/mol. The van der Waals surface area contributed by atoms with Gasteiger partial charge in [0.2, 0.25) is 0 Å². The Morgan fingerprint density at radius 1 is 1.21 bits per heavy atom. The van der Waals surface area contributed by atoms with E-state index in [4.69, 9.17) is 0 Å². The number of carboxylic acids is 1. The van der Waals surface area contributed by atoms with E-state index in [0.29, 0.717) is 0 Å². The highest BCUT2D eigenvalue weighted by atomic mass is 16.4. The summed E-state index contributed by atoms with van der Waals surface area (Å²) >= 11 is 0. The molecule has 0 amide bonds. The van der Waals surface area contributed by atoms with Crippen LogP contribution in [0.15, 0.2) is 30.3 Å². The first kappa shape index (κ1) is 12.6. The van der Waals surface area contributed by atoms with Crippen molar-refractivity contribution in [2.45, 2.75) is 19.0 Å². The van der Waals surface area contributed by atoms with Crippen molar-refractivity contribution in [3.8, 4) is 0 Å². The van der Waals surface area contributed by atoms with Gasteiger partial charge in [-0.15, -0.1) is 0 Å². The molecule has 2 aliphatic rings. The fourth-order valence-corrected chi connectivity index (χ4v) is 3.34. The Morgan fingerprint density at radius 2 is 2.00 bits per heavy atom. The lowest BCUT2D eigenvalue weighted by Gasteiger charge is -2.38. The first-order chi connectivity index (χ1) is 9.24. The van der Waals surface area contributed by atoms with Gasteiger partial charge in [0.15, 0.2) is 0 Å². The molecule has 2 atom stereocenters. The molecule has 0 aromatic heterocycles. The molecular weight excluding hydrogens is 240 g/mol. The standard InChI is InChI=1S/C15H20N2O2/c18-15(19)13-6-7-17-9-8-16(11-14(13)17)10-12-4-2-1-3-5-12/h1-5,13-14H,6-11H2,(H,18,19). The second-order valence-corrected chi connectivity index (χ2v) is 5.56. The number of hydrogen-bond donors (Lipinski definition) is 1. The maximum absolute atomic E-state index is 11.3. The van der Waals surface area contributed by atoms with Crippen LogP contribution in [0, 0.1) is 5.92 Å². The first-order valence-electron chi connectivity index (χ1n) is 6.97. The minimum atomic E-state index is -0.630. The Labute approximate surface area is 113 Å². The average Bonchev–Trinajstić information content (AvgIpc) is 2.83. The predicted octanol–water partition coefficient (Wildman–Crippen LogP) is 1.28. The predicted molar refractivity (Wildman–Crippen MR) is 72.8 cm³/mol. The van der Waals surface area contributed by atoms with Crippen molar-refractivity contribution < 1.29 is 9.90 Å². The van der Waals surface area contributed by atoms with Crippen LogP contribution >= 0.6 is 0 Å². The molecule has 4 nitrogen and oxygen atoms in total. The highest BCUT2D eigenvalue weighted by Crippen LogP contribution is 2.28. The van der Waals surface area contributed by atoms with E-state index in [2.05, 4.69) is 34.1 Å². The quantitative estimate of drug-likeness (QED) is 0.889. The normalized spacial score (nSPS) is 28.2. The summed E-state index contributed by atoms with van der Waals surface area (Å²) in [5.74, 6) is -0.812. The second-order valence-electron chi connectivity index (χ2n) is 5.56. The number of piperazine rings is 1. The largest absolute Gasteiger partial charge is 0.481 e. The third-order valence-electron chi connectivity index (χ3n) is 4.38. The van der Waals surface area contributed by atoms with E-state index in [1.165, 1.54) is 5.56 Å². The summed E-state index contributed by atoms with van der Waals surface area (Å²) in [6.07, 6.45) is 0.805. The Kier molecular flexibility index (Phi) is 3.53. The zero-order valence-electron chi connectivity index (χ0n) is 11.0. The van der Waals surface area contributed by atoms with Crippen LogP contribution in [0.25, 0.3) is 0 Å². The summed E-state index contributed by atoms with van der Waals surface area (Å²) in [4.78, 5) is 16.0. The maximum Gasteiger partial charge on any atom is 0.308 e. The van der Waals surface area contributed by atoms with Crippen molar-refractivity contribution in [1.82, 2.24) is 9.80 Å². The third-order valence-corrected chi connectivity index (χ3v) is 4.38. The average molecular weight is 260 g/mol. The van der Waals surface area contributed by atoms with Crippen LogP contribution in [0.2, 0.25) is 0 Å². The van der Waals surface area contributed by atoms with E-state index in [9.17, 15) is 9.90 Å². The van der Waals surface area contributed by atoms with E-state index in [1.54, 1.807) is 0 Å². The van der Waals surface area contributed by atoms with Crippen molar-refractivity contribution >= 4 is 5.97 Å². The molecule has 2 aliphatic heterocycles. The van der Waals surface area contributed by atoms with Crippen LogP contribution in [0.4, 0.5) is 0 Å². The minimum Gasteiger partial charge on any atom is -0.481 e. The summed E-state index contributed by atoms with van der Waals surface area (Å²) in [6, 6.07) is 10.6. The van der Waals surface area contributed by atoms with Crippen molar-refractivity contribution in [3.63, 3.8) is 0 Å². The van der Waals surface area contributed by atoms with Crippen LogP contribution < -0.4 is 0 Å². The van der Waals surface area contributed by atoms with E-state index in [-0.39, 0.29) is 12.0 Å². The maximum atomic E-state index is 11.3. The van der Waals surface area contributed by atoms with Gasteiger partial charge in [-0.1, -0.05) is 30.3 Å². The second kappa shape index (κ2) is 5.31. The fraction of sp³-hybridized carbons (Fsp3) is 0.533. The summed E-state index contributed by atoms with van der Waals surface area (Å²) in [6.45, 7) is 4.79. The van der Waals surface area contributed by atoms with Gasteiger partial charge in [-0.3, -0.25) is 14.6 Å². The molecule has 2 fully saturated rings. The molecule has 1 aromatic carbocycles. The molecule has 1 aromatic rings. The zero-order valence-corrected chi connectivity index (χ0v) is 11.0. The van der Waals surface area contributed by atoms with Crippen LogP contribution in [-0.2, 0) is 11.3 Å². The highest BCUT2D eigenvalue weighted by Gasteiger charge is 2.41. The van der Waals surface area contributed by atoms with Crippen LogP contribution in [0.3, 0.4) is 0 Å². The number of hydrogen-bond acceptors (Lipinski definition) is 3. The molecule has 3 rings (SSSR count). The molecule has 0 bridgehead atoms. The number of benzene rings is 1. The zero-order chi connectivity index (χ0) is 13.2. The number of carbonyl (C=O) groups is 1. The SMILES string of the molecule is O=C(O)C1CCN2CCN(Cc3ccccc3)CC12. The van der Waals surface area contributed by atoms with Gasteiger partial charge in [-0.05, 0) is 18.5 Å². The lowest BCUT2D eigenvalue weighted by atomic mass is 9.98. The van der Waals surface area contributed by atoms with Gasteiger partial charge in [0, 0.05) is 32.2 Å². The molecule has 0 spiro atoms. The molecular formula is C15H20N2O2. The molecule has 19 heavy (non-hydrogen) atoms. The Morgan fingerprint density at radius 3 is 2.74 bits per heavy atom. The van der Waals surface area contributed by atoms with E-state index >= 15 is 0 Å². The summed E-state index contributed by atoms with van der Waals surface area (Å²) in [5, 5.41) is 9.28. The molecule has 2 saturated heterocycles. The number of rotatable bonds is 3. The molecule has 2 unspecified atom stereocenters. The van der Waals surface area contributed by atoms with E-state index in [1.807, 2.05) is 6.07 Å². The first-order valence-corrected chi connectivity index (χ1v) is 6.97. The number of carboxylic acid groups (broad SMARTS) is 1. The molecule has 4 heteroatoms. The Balaban J connectivity index is 1.65. The summed E-state index contributed by atoms with van der Waals surface area (Å²) in [7, 11) is 0. The van der Waals surface area contributed by atoms with Gasteiger partial charge in [0.05, 0.1) is 5.92 Å². The van der Waals surface area contributed by atoms with Gasteiger partial charge in [-0.2, -0.15) is 0 Å². The van der Waals surface area contributed by atoms with E-state index in [0.717, 1.165) is 39.1 Å². The topological polar surface area (TPSA) is 43.8 Å². The summed E-state index contributed by atoms with van der Waals surface area (Å²) in [5.41, 5.74) is 1.31. The smallest absolute Gasteiger partial charge is 0.308 e. The van der Waals surface area contributed by atoms with Gasteiger partial charge in [-0.25, -0.2) is 0 Å². The lowest BCUT2D eigenvalue weighted by Crippen LogP contribution is -2.52. The van der Waals surface area contributed by atoms with Crippen LogP contribution in [0.5, 0.6) is 0 Å². The van der Waals surface area contributed by atoms with Crippen molar-refractivity contribution in [3.05, 3.63) is 35.9 Å². The lowest BCUT2D eigenvalue weighted by molar-refractivity contribution is -0.143. The number of aliphatic carboxylic acids is 1. The Bertz CT molecular complexity index is 449. The number of nitrogens with zero attached hydrogens (tertiary/aromatic N) is 2. The van der Waals surface area contributed by atoms with Crippen molar-refractivity contribution in [2.75, 3.05) is 26.2 Å². The van der Waals surface area contributed by atoms with Crippen molar-refractivity contribution in [1.29, 1.82) is 0 Å². The van der Waals surface area contributed by atoms with E-state index < -0.39 is 5.97 Å². The van der Waals surface area contributed by atoms with Gasteiger partial charge < -0.3 is 5.11 Å². The number of fused-ring (bicyclic) bond motifs is 1. The van der Waals surface area contributed by atoms with Crippen molar-refractivity contribution in [2.24, 2.45) is 5.92 Å². The van der Waals surface area contributed by atoms with Gasteiger partial charge in [0.1, 0.15) is 0 Å². The fourth-order valence-electron chi connectivity index (χ4n) is 3.34. The molecule has 0 aliphatic carbocycles. The van der Waals surface area contributed by atoms with Crippen LogP contribution in [0.1, 0.15) is 12.0 Å². The van der Waals surface area contributed by atoms with Crippen LogP contribution in [-0.4, -0.2) is 53.1 Å². The molecule has 102 valence electrons. The van der Waals surface area contributed by atoms with Gasteiger partial charge >= 0.3 is 5.97 Å². The highest BCUT2D eigenvalue weighted by molar-refractivity contribution is 5.71. The van der Waals surface area contributed by atoms with Gasteiger partial charge in [0.25, 0.3) is 0 Å². The minimum absolute atomic E-state index is 0.182. The third kappa shape index (κ3) is 2.65. The molecule has 0 saturated carbocycles.